The van der Waals surface area contributed by atoms with Crippen molar-refractivity contribution in [2.24, 2.45) is 0 Å². The fourth-order valence-corrected chi connectivity index (χ4v) is 4.18. The minimum atomic E-state index is -0.936. The molecule has 0 aromatic heterocycles. The van der Waals surface area contributed by atoms with Gasteiger partial charge in [0.05, 0.1) is 21.0 Å². The van der Waals surface area contributed by atoms with Crippen LogP contribution in [-0.4, -0.2) is 9.85 Å². The van der Waals surface area contributed by atoms with E-state index in [0.29, 0.717) is 11.1 Å². The number of rotatable bonds is 8. The molecular weight excluding hydrogens is 491 g/mol. The Balaban J connectivity index is 1.93. The number of hydrogen-bond donors (Lipinski definition) is 0. The second kappa shape index (κ2) is 10.7. The molecule has 176 valence electrons. The van der Waals surface area contributed by atoms with Crippen molar-refractivity contribution in [1.29, 1.82) is 0 Å². The van der Waals surface area contributed by atoms with Gasteiger partial charge in [0, 0.05) is 22.2 Å². The third-order valence-corrected chi connectivity index (χ3v) is 5.89. The molecule has 2 atom stereocenters. The number of nitrogens with zero attached hydrogens (tertiary/aromatic N) is 2. The first-order valence-corrected chi connectivity index (χ1v) is 11.2. The summed E-state index contributed by atoms with van der Waals surface area (Å²) in [5.74, 6) is 0. The molecule has 0 aliphatic rings. The van der Waals surface area contributed by atoms with Gasteiger partial charge in [0.15, 0.2) is 0 Å². The summed E-state index contributed by atoms with van der Waals surface area (Å²) >= 11 is 12.1. The van der Waals surface area contributed by atoms with Crippen molar-refractivity contribution in [3.63, 3.8) is 0 Å². The predicted octanol–water partition coefficient (Wildman–Crippen LogP) is 7.71. The van der Waals surface area contributed by atoms with Crippen LogP contribution in [0.3, 0.4) is 0 Å². The van der Waals surface area contributed by atoms with Gasteiger partial charge in [-0.1, -0.05) is 83.9 Å². The molecule has 0 N–H and O–H groups in total. The van der Waals surface area contributed by atoms with Crippen LogP contribution >= 0.6 is 23.2 Å². The first-order valence-electron chi connectivity index (χ1n) is 10.5. The Kier molecular flexibility index (Phi) is 7.41. The summed E-state index contributed by atoms with van der Waals surface area (Å²) < 4.78 is 6.56. The van der Waals surface area contributed by atoms with Crippen LogP contribution in [0.15, 0.2) is 97.1 Å². The molecule has 0 aliphatic heterocycles. The molecule has 9 heteroatoms. The monoisotopic (exact) mass is 508 g/mol. The molecule has 4 rings (SSSR count). The number of hydrogen-bond acceptors (Lipinski definition) is 5. The van der Waals surface area contributed by atoms with Crippen molar-refractivity contribution in [2.45, 2.75) is 12.2 Å². The van der Waals surface area contributed by atoms with Gasteiger partial charge in [0.2, 0.25) is 0 Å². The lowest BCUT2D eigenvalue weighted by Gasteiger charge is -2.26. The lowest BCUT2D eigenvalue weighted by Crippen LogP contribution is -2.15. The summed E-state index contributed by atoms with van der Waals surface area (Å²) in [4.78, 5) is 22.8. The summed E-state index contributed by atoms with van der Waals surface area (Å²) in [7, 11) is 0. The fourth-order valence-electron chi connectivity index (χ4n) is 3.85. The highest BCUT2D eigenvalue weighted by Crippen LogP contribution is 2.42. The lowest BCUT2D eigenvalue weighted by molar-refractivity contribution is -0.386. The number of nitro groups is 2. The predicted molar refractivity (Wildman–Crippen MR) is 134 cm³/mol. The van der Waals surface area contributed by atoms with Crippen molar-refractivity contribution < 1.29 is 14.6 Å². The minimum absolute atomic E-state index is 0.209. The van der Waals surface area contributed by atoms with Gasteiger partial charge >= 0.3 is 0 Å². The molecule has 0 fully saturated rings. The van der Waals surface area contributed by atoms with Gasteiger partial charge in [-0.05, 0) is 35.4 Å². The smallest absolute Gasteiger partial charge is 0.277 e. The zero-order valence-corrected chi connectivity index (χ0v) is 19.6. The number of nitro benzene ring substituents is 2. The van der Waals surface area contributed by atoms with Gasteiger partial charge < -0.3 is 4.74 Å². The highest BCUT2D eigenvalue weighted by molar-refractivity contribution is 6.31. The van der Waals surface area contributed by atoms with Crippen molar-refractivity contribution in [3.05, 3.63) is 150 Å². The highest BCUT2D eigenvalue weighted by atomic mass is 35.5. The first-order chi connectivity index (χ1) is 16.8. The maximum Gasteiger partial charge on any atom is 0.277 e. The van der Waals surface area contributed by atoms with E-state index in [2.05, 4.69) is 0 Å². The van der Waals surface area contributed by atoms with E-state index in [1.165, 1.54) is 24.3 Å². The molecular formula is C26H18Cl2N2O5. The van der Waals surface area contributed by atoms with Gasteiger partial charge in [0.1, 0.15) is 12.2 Å². The van der Waals surface area contributed by atoms with Gasteiger partial charge in [-0.3, -0.25) is 20.2 Å². The van der Waals surface area contributed by atoms with Crippen LogP contribution < -0.4 is 0 Å². The summed E-state index contributed by atoms with van der Waals surface area (Å²) in [6.07, 6.45) is -1.87. The van der Waals surface area contributed by atoms with Crippen LogP contribution in [0, 0.1) is 20.2 Å². The first kappa shape index (κ1) is 24.3. The van der Waals surface area contributed by atoms with Crippen LogP contribution in [0.2, 0.25) is 10.0 Å². The molecule has 0 bridgehead atoms. The number of halogens is 2. The molecule has 0 spiro atoms. The van der Waals surface area contributed by atoms with E-state index in [9.17, 15) is 20.2 Å². The van der Waals surface area contributed by atoms with E-state index in [1.807, 2.05) is 12.1 Å². The molecule has 0 saturated carbocycles. The van der Waals surface area contributed by atoms with E-state index < -0.39 is 22.1 Å². The molecule has 4 aromatic carbocycles. The van der Waals surface area contributed by atoms with Crippen LogP contribution in [0.1, 0.15) is 34.5 Å². The maximum atomic E-state index is 11.9. The second-order valence-corrected chi connectivity index (χ2v) is 8.51. The number of benzene rings is 4. The summed E-state index contributed by atoms with van der Waals surface area (Å²) in [5.41, 5.74) is 1.37. The molecule has 0 saturated heterocycles. The van der Waals surface area contributed by atoms with Gasteiger partial charge in [-0.2, -0.15) is 0 Å². The van der Waals surface area contributed by atoms with Crippen LogP contribution in [0.25, 0.3) is 0 Å². The van der Waals surface area contributed by atoms with Crippen molar-refractivity contribution in [1.82, 2.24) is 0 Å². The Morgan fingerprint density at radius 1 is 0.600 bits per heavy atom. The highest BCUT2D eigenvalue weighted by Gasteiger charge is 2.32. The minimum Gasteiger partial charge on any atom is -0.356 e. The van der Waals surface area contributed by atoms with E-state index >= 15 is 0 Å². The van der Waals surface area contributed by atoms with Crippen LogP contribution in [-0.2, 0) is 4.74 Å². The molecule has 0 aliphatic carbocycles. The molecule has 4 aromatic rings. The topological polar surface area (TPSA) is 95.5 Å². The van der Waals surface area contributed by atoms with Crippen molar-refractivity contribution in [3.8, 4) is 0 Å². The third-order valence-electron chi connectivity index (χ3n) is 5.42. The molecule has 0 radical (unpaired) electrons. The Morgan fingerprint density at radius 3 is 1.31 bits per heavy atom. The van der Waals surface area contributed by atoms with E-state index in [4.69, 9.17) is 27.9 Å². The lowest BCUT2D eigenvalue weighted by atomic mass is 9.96. The van der Waals surface area contributed by atoms with E-state index in [0.717, 1.165) is 0 Å². The molecule has 0 amide bonds. The van der Waals surface area contributed by atoms with Gasteiger partial charge in [0.25, 0.3) is 11.4 Å². The van der Waals surface area contributed by atoms with E-state index in [1.54, 1.807) is 60.7 Å². The zero-order chi connectivity index (χ0) is 24.9. The second-order valence-electron chi connectivity index (χ2n) is 7.64. The Bertz CT molecular complexity index is 1260. The zero-order valence-electron chi connectivity index (χ0n) is 18.1. The number of ether oxygens (including phenoxy) is 1. The Hall–Kier alpha value is -3.78. The quantitative estimate of drug-likeness (QED) is 0.179. The van der Waals surface area contributed by atoms with Crippen molar-refractivity contribution >= 4 is 34.6 Å². The Morgan fingerprint density at radius 2 is 0.971 bits per heavy atom. The van der Waals surface area contributed by atoms with E-state index in [-0.39, 0.29) is 32.5 Å². The standard InChI is InChI=1S/C26H18Cl2N2O5/c27-19-11-13-21(23(15-19)29(31)32)25(17-7-3-1-4-8-17)35-26(18-9-5-2-6-10-18)22-14-12-20(28)16-24(22)30(33)34/h1-16,25-26H. The van der Waals surface area contributed by atoms with Crippen molar-refractivity contribution in [2.75, 3.05) is 0 Å². The average molecular weight is 509 g/mol. The Labute approximate surface area is 210 Å². The summed E-state index contributed by atoms with van der Waals surface area (Å²) in [6.45, 7) is 0. The molecule has 0 heterocycles. The third kappa shape index (κ3) is 5.49. The summed E-state index contributed by atoms with van der Waals surface area (Å²) in [5, 5.41) is 24.2. The average Bonchev–Trinajstić information content (AvgIpc) is 2.86. The van der Waals surface area contributed by atoms with Crippen LogP contribution in [0.5, 0.6) is 0 Å². The fraction of sp³-hybridized carbons (Fsp3) is 0.0769. The summed E-state index contributed by atoms with van der Waals surface area (Å²) in [6, 6.07) is 26.6. The molecule has 35 heavy (non-hydrogen) atoms. The van der Waals surface area contributed by atoms with Gasteiger partial charge in [-0.15, -0.1) is 0 Å². The van der Waals surface area contributed by atoms with Gasteiger partial charge in [-0.25, -0.2) is 0 Å². The largest absolute Gasteiger partial charge is 0.356 e. The van der Waals surface area contributed by atoms with Crippen LogP contribution in [0.4, 0.5) is 11.4 Å². The molecule has 2 unspecified atom stereocenters. The molecule has 7 nitrogen and oxygen atoms in total. The normalized spacial score (nSPS) is 12.6. The SMILES string of the molecule is O=[N+]([O-])c1cc(Cl)ccc1C(OC(c1ccccc1)c1ccc(Cl)cc1[N+](=O)[O-])c1ccccc1. The maximum absolute atomic E-state index is 11.9.